The molecule has 1 aromatic heterocycles. The quantitative estimate of drug-likeness (QED) is 0.595. The van der Waals surface area contributed by atoms with Gasteiger partial charge in [-0.3, -0.25) is 0 Å². The van der Waals surface area contributed by atoms with Crippen LogP contribution in [0.3, 0.4) is 0 Å². The minimum absolute atomic E-state index is 0.0634. The fourth-order valence-corrected chi connectivity index (χ4v) is 6.18. The van der Waals surface area contributed by atoms with E-state index in [1.165, 1.54) is 35.6 Å². The van der Waals surface area contributed by atoms with Crippen LogP contribution < -0.4 is 0 Å². The lowest BCUT2D eigenvalue weighted by molar-refractivity contribution is -0.204. The van der Waals surface area contributed by atoms with Crippen LogP contribution in [-0.2, 0) is 35.1 Å². The summed E-state index contributed by atoms with van der Waals surface area (Å²) in [5.41, 5.74) is -0.0868. The molecule has 0 bridgehead atoms. The molecule has 0 radical (unpaired) electrons. The van der Waals surface area contributed by atoms with E-state index in [4.69, 9.17) is 4.84 Å². The van der Waals surface area contributed by atoms with Crippen molar-refractivity contribution in [1.82, 2.24) is 10.0 Å². The van der Waals surface area contributed by atoms with E-state index in [0.717, 1.165) is 24.1 Å². The van der Waals surface area contributed by atoms with Crippen molar-refractivity contribution in [3.8, 4) is 0 Å². The molecule has 0 saturated carbocycles. The van der Waals surface area contributed by atoms with Gasteiger partial charge in [0.1, 0.15) is 0 Å². The Balaban J connectivity index is 1.61. The molecule has 1 saturated heterocycles. The standard InChI is InChI=1S/C21H28N2O6S3/c1-21(2,3)20(24)29-23-11-9-15(10-12-23)19-22-16(13-30-19)14-32(27,28)18-7-5-17(6-8-18)31(4,25)26/h5-8,13,15H,9-12,14H2,1-4H3. The molecule has 2 heterocycles. The summed E-state index contributed by atoms with van der Waals surface area (Å²) in [6.45, 7) is 6.65. The molecule has 0 spiro atoms. The minimum Gasteiger partial charge on any atom is -0.367 e. The average molecular weight is 501 g/mol. The Morgan fingerprint density at radius 1 is 1.09 bits per heavy atom. The summed E-state index contributed by atoms with van der Waals surface area (Å²) in [6, 6.07) is 5.23. The number of hydrogen-bond acceptors (Lipinski definition) is 9. The number of piperidine rings is 1. The molecule has 8 nitrogen and oxygen atoms in total. The maximum atomic E-state index is 12.7. The molecule has 1 aromatic carbocycles. The number of carbonyl (C=O) groups is 1. The highest BCUT2D eigenvalue weighted by Crippen LogP contribution is 2.32. The van der Waals surface area contributed by atoms with E-state index in [2.05, 4.69) is 4.98 Å². The van der Waals surface area contributed by atoms with Gasteiger partial charge in [0.2, 0.25) is 0 Å². The predicted molar refractivity (Wildman–Crippen MR) is 122 cm³/mol. The van der Waals surface area contributed by atoms with Crippen LogP contribution >= 0.6 is 11.3 Å². The Morgan fingerprint density at radius 2 is 1.66 bits per heavy atom. The topological polar surface area (TPSA) is 111 Å². The number of carbonyl (C=O) groups excluding carboxylic acids is 1. The van der Waals surface area contributed by atoms with Crippen LogP contribution in [-0.4, -0.2) is 52.2 Å². The molecule has 0 aliphatic carbocycles. The number of hydrogen-bond donors (Lipinski definition) is 0. The summed E-state index contributed by atoms with van der Waals surface area (Å²) in [5, 5.41) is 4.32. The number of aromatic nitrogens is 1. The smallest absolute Gasteiger partial charge is 0.330 e. The number of benzene rings is 1. The maximum Gasteiger partial charge on any atom is 0.330 e. The third-order valence-electron chi connectivity index (χ3n) is 5.15. The average Bonchev–Trinajstić information content (AvgIpc) is 3.15. The van der Waals surface area contributed by atoms with Gasteiger partial charge in [0.05, 0.1) is 31.7 Å². The Bertz CT molecular complexity index is 1170. The van der Waals surface area contributed by atoms with E-state index in [-0.39, 0.29) is 27.4 Å². The Hall–Kier alpha value is -1.82. The first-order valence-electron chi connectivity index (χ1n) is 10.2. The fraction of sp³-hybridized carbons (Fsp3) is 0.524. The molecule has 0 atom stereocenters. The molecule has 32 heavy (non-hydrogen) atoms. The largest absolute Gasteiger partial charge is 0.367 e. The van der Waals surface area contributed by atoms with Crippen LogP contribution in [0.15, 0.2) is 39.4 Å². The normalized spacial score (nSPS) is 16.8. The van der Waals surface area contributed by atoms with Crippen LogP contribution in [0.4, 0.5) is 0 Å². The highest BCUT2D eigenvalue weighted by Gasteiger charge is 2.30. The Kier molecular flexibility index (Phi) is 7.14. The second-order valence-corrected chi connectivity index (χ2v) is 13.9. The van der Waals surface area contributed by atoms with Crippen molar-refractivity contribution in [1.29, 1.82) is 0 Å². The SMILES string of the molecule is CC(C)(C)C(=O)ON1CCC(c2nc(CS(=O)(=O)c3ccc(S(C)(=O)=O)cc3)cs2)CC1. The van der Waals surface area contributed by atoms with Crippen LogP contribution in [0.5, 0.6) is 0 Å². The number of nitrogens with zero attached hydrogens (tertiary/aromatic N) is 2. The third-order valence-corrected chi connectivity index (χ3v) is 9.00. The highest BCUT2D eigenvalue weighted by molar-refractivity contribution is 7.91. The van der Waals surface area contributed by atoms with E-state index in [9.17, 15) is 21.6 Å². The molecule has 2 aromatic rings. The van der Waals surface area contributed by atoms with E-state index < -0.39 is 25.1 Å². The van der Waals surface area contributed by atoms with E-state index in [1.54, 1.807) is 10.4 Å². The number of rotatable bonds is 6. The zero-order valence-electron chi connectivity index (χ0n) is 18.6. The lowest BCUT2D eigenvalue weighted by Gasteiger charge is -2.31. The van der Waals surface area contributed by atoms with Crippen LogP contribution in [0.2, 0.25) is 0 Å². The van der Waals surface area contributed by atoms with E-state index in [0.29, 0.717) is 18.8 Å². The van der Waals surface area contributed by atoms with E-state index in [1.807, 2.05) is 20.8 Å². The molecule has 1 aliphatic heterocycles. The molecule has 11 heteroatoms. The summed E-state index contributed by atoms with van der Waals surface area (Å²) in [6.07, 6.45) is 2.61. The fourth-order valence-electron chi connectivity index (χ4n) is 3.20. The molecule has 3 rings (SSSR count). The van der Waals surface area contributed by atoms with Crippen molar-refractivity contribution in [2.45, 2.75) is 55.1 Å². The summed E-state index contributed by atoms with van der Waals surface area (Å²) >= 11 is 1.44. The van der Waals surface area contributed by atoms with Gasteiger partial charge in [-0.25, -0.2) is 26.6 Å². The zero-order chi connectivity index (χ0) is 23.7. The number of hydroxylamine groups is 2. The van der Waals surface area contributed by atoms with Crippen molar-refractivity contribution in [2.24, 2.45) is 5.41 Å². The van der Waals surface area contributed by atoms with Crippen LogP contribution in [0.1, 0.15) is 50.2 Å². The molecule has 0 unspecified atom stereocenters. The van der Waals surface area contributed by atoms with Gasteiger partial charge in [-0.05, 0) is 57.9 Å². The molecule has 1 fully saturated rings. The van der Waals surface area contributed by atoms with Gasteiger partial charge in [0.15, 0.2) is 19.7 Å². The molecule has 0 N–H and O–H groups in total. The summed E-state index contributed by atoms with van der Waals surface area (Å²) in [5.74, 6) is -0.318. The summed E-state index contributed by atoms with van der Waals surface area (Å²) < 4.78 is 48.6. The molecule has 0 amide bonds. The van der Waals surface area contributed by atoms with Crippen molar-refractivity contribution >= 4 is 37.0 Å². The summed E-state index contributed by atoms with van der Waals surface area (Å²) in [7, 11) is -7.03. The van der Waals surface area contributed by atoms with Crippen molar-refractivity contribution in [2.75, 3.05) is 19.3 Å². The Labute approximate surface area is 193 Å². The first-order valence-corrected chi connectivity index (χ1v) is 14.6. The lowest BCUT2D eigenvalue weighted by atomic mass is 9.97. The van der Waals surface area contributed by atoms with Gasteiger partial charge in [-0.1, -0.05) is 0 Å². The number of sulfone groups is 2. The van der Waals surface area contributed by atoms with Crippen molar-refractivity contribution < 1.29 is 26.5 Å². The Morgan fingerprint density at radius 3 is 2.19 bits per heavy atom. The highest BCUT2D eigenvalue weighted by atomic mass is 32.2. The number of thiazole rings is 1. The van der Waals surface area contributed by atoms with Crippen molar-refractivity contribution in [3.63, 3.8) is 0 Å². The second kappa shape index (κ2) is 9.20. The predicted octanol–water partition coefficient (Wildman–Crippen LogP) is 3.20. The van der Waals surface area contributed by atoms with Gasteiger partial charge in [-0.15, -0.1) is 16.4 Å². The van der Waals surface area contributed by atoms with Crippen LogP contribution in [0, 0.1) is 5.41 Å². The first kappa shape index (κ1) is 24.8. The minimum atomic E-state index is -3.65. The van der Waals surface area contributed by atoms with Gasteiger partial charge in [0.25, 0.3) is 0 Å². The van der Waals surface area contributed by atoms with Gasteiger partial charge in [-0.2, -0.15) is 0 Å². The molecule has 176 valence electrons. The summed E-state index contributed by atoms with van der Waals surface area (Å²) in [4.78, 5) is 22.2. The second-order valence-electron chi connectivity index (χ2n) is 9.01. The van der Waals surface area contributed by atoms with Crippen LogP contribution in [0.25, 0.3) is 0 Å². The van der Waals surface area contributed by atoms with E-state index >= 15 is 0 Å². The maximum absolute atomic E-state index is 12.7. The molecule has 1 aliphatic rings. The van der Waals surface area contributed by atoms with Crippen molar-refractivity contribution in [3.05, 3.63) is 40.3 Å². The third kappa shape index (κ3) is 6.15. The van der Waals surface area contributed by atoms with Gasteiger partial charge >= 0.3 is 5.97 Å². The first-order chi connectivity index (χ1) is 14.8. The van der Waals surface area contributed by atoms with Gasteiger partial charge in [0, 0.05) is 30.6 Å². The zero-order valence-corrected chi connectivity index (χ0v) is 21.0. The molecular weight excluding hydrogens is 472 g/mol. The van der Waals surface area contributed by atoms with Gasteiger partial charge < -0.3 is 4.84 Å². The monoisotopic (exact) mass is 500 g/mol. The molecular formula is C21H28N2O6S3. The lowest BCUT2D eigenvalue weighted by Crippen LogP contribution is -2.38.